The van der Waals surface area contributed by atoms with Crippen LogP contribution in [0.2, 0.25) is 0 Å². The van der Waals surface area contributed by atoms with E-state index < -0.39 is 0 Å². The van der Waals surface area contributed by atoms with E-state index in [-0.39, 0.29) is 5.91 Å². The van der Waals surface area contributed by atoms with Crippen LogP contribution in [0.15, 0.2) is 49.3 Å². The highest BCUT2D eigenvalue weighted by Crippen LogP contribution is 2.27. The normalized spacial score (nSPS) is 17.0. The van der Waals surface area contributed by atoms with Crippen molar-refractivity contribution in [1.82, 2.24) is 29.2 Å². The lowest BCUT2D eigenvalue weighted by atomic mass is 9.96. The number of aromatic nitrogens is 5. The van der Waals surface area contributed by atoms with Gasteiger partial charge in [0.2, 0.25) is 0 Å². The van der Waals surface area contributed by atoms with Crippen molar-refractivity contribution in [2.24, 2.45) is 0 Å². The van der Waals surface area contributed by atoms with E-state index in [1.165, 1.54) is 0 Å². The molecule has 0 radical (unpaired) electrons. The molecule has 1 fully saturated rings. The predicted molar refractivity (Wildman–Crippen MR) is 106 cm³/mol. The van der Waals surface area contributed by atoms with Crippen molar-refractivity contribution in [3.63, 3.8) is 0 Å². The molecule has 0 unspecified atom stereocenters. The maximum absolute atomic E-state index is 13.0. The number of carbonyl (C=O) groups excluding carboxylic acids is 1. The molecule has 2 aromatic heterocycles. The lowest BCUT2D eigenvalue weighted by Crippen LogP contribution is -2.39. The van der Waals surface area contributed by atoms with Crippen LogP contribution in [0.5, 0.6) is 0 Å². The Morgan fingerprint density at radius 2 is 1.96 bits per heavy atom. The third-order valence-electron chi connectivity index (χ3n) is 5.41. The highest BCUT2D eigenvalue weighted by molar-refractivity contribution is 5.94. The van der Waals surface area contributed by atoms with Crippen molar-refractivity contribution in [2.75, 3.05) is 13.1 Å². The molecular weight excluding hydrogens is 352 g/mol. The zero-order valence-corrected chi connectivity index (χ0v) is 16.2. The summed E-state index contributed by atoms with van der Waals surface area (Å²) in [6, 6.07) is 7.61. The topological polar surface area (TPSA) is 68.8 Å². The molecule has 1 saturated heterocycles. The zero-order valence-electron chi connectivity index (χ0n) is 16.2. The predicted octanol–water partition coefficient (Wildman–Crippen LogP) is 3.28. The van der Waals surface area contributed by atoms with Gasteiger partial charge < -0.3 is 9.47 Å². The molecule has 1 aromatic carbocycles. The number of piperidine rings is 1. The number of unbranched alkanes of at least 4 members (excludes halogenated alkanes) is 1. The number of nitrogens with zero attached hydrogens (tertiary/aromatic N) is 6. The molecule has 1 aliphatic rings. The molecule has 3 heterocycles. The largest absolute Gasteiger partial charge is 0.338 e. The second-order valence-electron chi connectivity index (χ2n) is 7.34. The van der Waals surface area contributed by atoms with Crippen LogP contribution in [0.1, 0.15) is 54.7 Å². The van der Waals surface area contributed by atoms with Crippen LogP contribution in [-0.2, 0) is 6.54 Å². The molecule has 7 nitrogen and oxygen atoms in total. The third-order valence-corrected chi connectivity index (χ3v) is 5.41. The van der Waals surface area contributed by atoms with E-state index in [1.807, 2.05) is 39.9 Å². The number of benzene rings is 1. The summed E-state index contributed by atoms with van der Waals surface area (Å²) in [5.41, 5.74) is 1.66. The van der Waals surface area contributed by atoms with E-state index in [1.54, 1.807) is 12.7 Å². The molecule has 1 amide bonds. The zero-order chi connectivity index (χ0) is 19.3. The molecule has 1 atom stereocenters. The Balaban J connectivity index is 1.45. The van der Waals surface area contributed by atoms with Gasteiger partial charge in [-0.25, -0.2) is 4.98 Å². The number of likely N-dealkylation sites (tertiary alicyclic amines) is 1. The van der Waals surface area contributed by atoms with Gasteiger partial charge in [-0.3, -0.25) is 9.36 Å². The Kier molecular flexibility index (Phi) is 5.50. The minimum atomic E-state index is 0.0895. The second-order valence-corrected chi connectivity index (χ2v) is 7.34. The van der Waals surface area contributed by atoms with Crippen molar-refractivity contribution >= 4 is 5.91 Å². The molecule has 0 bridgehead atoms. The minimum absolute atomic E-state index is 0.0895. The van der Waals surface area contributed by atoms with E-state index in [0.717, 1.165) is 56.8 Å². The summed E-state index contributed by atoms with van der Waals surface area (Å²) in [6.45, 7) is 4.74. The first-order chi connectivity index (χ1) is 13.8. The summed E-state index contributed by atoms with van der Waals surface area (Å²) >= 11 is 0. The average Bonchev–Trinajstić information content (AvgIpc) is 3.44. The molecule has 1 aliphatic heterocycles. The van der Waals surface area contributed by atoms with Crippen LogP contribution < -0.4 is 0 Å². The number of hydrogen-bond donors (Lipinski definition) is 0. The van der Waals surface area contributed by atoms with E-state index >= 15 is 0 Å². The van der Waals surface area contributed by atoms with Gasteiger partial charge in [-0.1, -0.05) is 13.3 Å². The van der Waals surface area contributed by atoms with Gasteiger partial charge in [0.05, 0.1) is 0 Å². The number of hydrogen-bond acceptors (Lipinski definition) is 4. The molecule has 0 aliphatic carbocycles. The summed E-state index contributed by atoms with van der Waals surface area (Å²) in [5, 5.41) is 7.64. The summed E-state index contributed by atoms with van der Waals surface area (Å²) in [5.74, 6) is 1.52. The Labute approximate surface area is 165 Å². The minimum Gasteiger partial charge on any atom is -0.338 e. The summed E-state index contributed by atoms with van der Waals surface area (Å²) < 4.78 is 4.08. The number of imidazole rings is 1. The fraction of sp³-hybridized carbons (Fsp3) is 0.429. The van der Waals surface area contributed by atoms with Crippen LogP contribution in [0.25, 0.3) is 5.69 Å². The van der Waals surface area contributed by atoms with Gasteiger partial charge in [-0.15, -0.1) is 10.2 Å². The molecule has 0 N–H and O–H groups in total. The van der Waals surface area contributed by atoms with Gasteiger partial charge in [-0.2, -0.15) is 0 Å². The standard InChI is InChI=1S/C21H26N6O/c1-2-3-11-25-13-10-22-20(25)18-5-4-12-26(14-18)21(28)17-6-8-19(9-7-17)27-15-23-24-16-27/h6-10,13,15-16,18H,2-5,11-12,14H2,1H3/t18-/m0/s1. The molecular formula is C21H26N6O. The smallest absolute Gasteiger partial charge is 0.253 e. The van der Waals surface area contributed by atoms with Gasteiger partial charge in [0.15, 0.2) is 0 Å². The molecule has 4 rings (SSSR count). The molecule has 3 aromatic rings. The van der Waals surface area contributed by atoms with Crippen molar-refractivity contribution < 1.29 is 4.79 Å². The maximum Gasteiger partial charge on any atom is 0.253 e. The van der Waals surface area contributed by atoms with Gasteiger partial charge in [0.1, 0.15) is 18.5 Å². The van der Waals surface area contributed by atoms with E-state index in [9.17, 15) is 4.79 Å². The third kappa shape index (κ3) is 3.83. The molecule has 146 valence electrons. The Morgan fingerprint density at radius 1 is 1.18 bits per heavy atom. The first-order valence-corrected chi connectivity index (χ1v) is 10.0. The Morgan fingerprint density at radius 3 is 2.71 bits per heavy atom. The molecule has 0 spiro atoms. The highest BCUT2D eigenvalue weighted by atomic mass is 16.2. The molecule has 28 heavy (non-hydrogen) atoms. The maximum atomic E-state index is 13.0. The van der Waals surface area contributed by atoms with Crippen molar-refractivity contribution in [2.45, 2.75) is 45.1 Å². The number of carbonyl (C=O) groups is 1. The van der Waals surface area contributed by atoms with Gasteiger partial charge in [0, 0.05) is 49.2 Å². The lowest BCUT2D eigenvalue weighted by molar-refractivity contribution is 0.0703. The summed E-state index contributed by atoms with van der Waals surface area (Å²) in [7, 11) is 0. The first-order valence-electron chi connectivity index (χ1n) is 10.0. The second kappa shape index (κ2) is 8.37. The molecule has 0 saturated carbocycles. The van der Waals surface area contributed by atoms with Crippen LogP contribution in [-0.4, -0.2) is 48.2 Å². The average molecular weight is 378 g/mol. The number of aryl methyl sites for hydroxylation is 1. The van der Waals surface area contributed by atoms with Gasteiger partial charge >= 0.3 is 0 Å². The van der Waals surface area contributed by atoms with Crippen molar-refractivity contribution in [3.8, 4) is 5.69 Å². The van der Waals surface area contributed by atoms with Gasteiger partial charge in [-0.05, 0) is 43.5 Å². The van der Waals surface area contributed by atoms with E-state index in [4.69, 9.17) is 0 Å². The first kappa shape index (κ1) is 18.4. The quantitative estimate of drug-likeness (QED) is 0.660. The van der Waals surface area contributed by atoms with Gasteiger partial charge in [0.25, 0.3) is 5.91 Å². The summed E-state index contributed by atoms with van der Waals surface area (Å²) in [6.07, 6.45) is 11.6. The summed E-state index contributed by atoms with van der Waals surface area (Å²) in [4.78, 5) is 19.6. The monoisotopic (exact) mass is 378 g/mol. The molecule has 7 heteroatoms. The van der Waals surface area contributed by atoms with Crippen molar-refractivity contribution in [3.05, 3.63) is 60.7 Å². The number of rotatable bonds is 6. The fourth-order valence-electron chi connectivity index (χ4n) is 3.86. The van der Waals surface area contributed by atoms with E-state index in [2.05, 4.69) is 32.9 Å². The van der Waals surface area contributed by atoms with Crippen LogP contribution in [0, 0.1) is 0 Å². The van der Waals surface area contributed by atoms with Crippen LogP contribution >= 0.6 is 0 Å². The highest BCUT2D eigenvalue weighted by Gasteiger charge is 2.28. The fourth-order valence-corrected chi connectivity index (χ4v) is 3.86. The van der Waals surface area contributed by atoms with Crippen LogP contribution in [0.4, 0.5) is 0 Å². The van der Waals surface area contributed by atoms with E-state index in [0.29, 0.717) is 11.5 Å². The Bertz CT molecular complexity index is 899. The lowest BCUT2D eigenvalue weighted by Gasteiger charge is -2.33. The number of amides is 1. The van der Waals surface area contributed by atoms with Crippen LogP contribution in [0.3, 0.4) is 0 Å². The van der Waals surface area contributed by atoms with Crippen molar-refractivity contribution in [1.29, 1.82) is 0 Å². The Hall–Kier alpha value is -2.96. The SMILES string of the molecule is CCCCn1ccnc1[C@H]1CCCN(C(=O)c2ccc(-n3cnnc3)cc2)C1.